The lowest BCUT2D eigenvalue weighted by Gasteiger charge is -2.12. The molecule has 0 fully saturated rings. The molecule has 1 atom stereocenters. The summed E-state index contributed by atoms with van der Waals surface area (Å²) in [7, 11) is 0. The molecule has 0 aliphatic rings. The van der Waals surface area contributed by atoms with E-state index < -0.39 is 17.9 Å². The molecule has 1 amide bonds. The summed E-state index contributed by atoms with van der Waals surface area (Å²) < 4.78 is 13.9. The largest absolute Gasteiger partial charge is 0.480 e. The van der Waals surface area contributed by atoms with Crippen LogP contribution in [-0.2, 0) is 4.79 Å². The van der Waals surface area contributed by atoms with Gasteiger partial charge in [0.25, 0.3) is 5.91 Å². The van der Waals surface area contributed by atoms with E-state index >= 15 is 0 Å². The van der Waals surface area contributed by atoms with Gasteiger partial charge >= 0.3 is 5.97 Å². The molecule has 1 aromatic carbocycles. The van der Waals surface area contributed by atoms with Gasteiger partial charge in [-0.2, -0.15) is 0 Å². The van der Waals surface area contributed by atoms with Gasteiger partial charge in [-0.05, 0) is 36.1 Å². The number of rotatable bonds is 5. The minimum absolute atomic E-state index is 0.364. The number of carbonyl (C=O) groups is 2. The number of thiophene rings is 1. The van der Waals surface area contributed by atoms with Crippen LogP contribution in [-0.4, -0.2) is 23.0 Å². The number of halogens is 1. The molecule has 0 aliphatic heterocycles. The van der Waals surface area contributed by atoms with Crippen LogP contribution in [0.25, 0.3) is 10.1 Å². The van der Waals surface area contributed by atoms with Gasteiger partial charge in [0, 0.05) is 4.70 Å². The van der Waals surface area contributed by atoms with Gasteiger partial charge in [0.2, 0.25) is 0 Å². The minimum atomic E-state index is -1.05. The number of carbonyl (C=O) groups excluding carboxylic acids is 1. The van der Waals surface area contributed by atoms with Crippen LogP contribution in [0.2, 0.25) is 0 Å². The number of carboxylic acid groups (broad SMARTS) is 1. The van der Waals surface area contributed by atoms with Crippen LogP contribution in [0.15, 0.2) is 24.3 Å². The van der Waals surface area contributed by atoms with Crippen LogP contribution in [0.1, 0.15) is 29.4 Å². The van der Waals surface area contributed by atoms with Crippen LogP contribution >= 0.6 is 11.3 Å². The quantitative estimate of drug-likeness (QED) is 0.891. The smallest absolute Gasteiger partial charge is 0.326 e. The SMILES string of the molecule is CCC[C@H](NC(=O)c1cc2cc(F)ccc2s1)C(=O)O. The average molecular weight is 295 g/mol. The zero-order chi connectivity index (χ0) is 14.7. The molecular weight excluding hydrogens is 281 g/mol. The van der Waals surface area contributed by atoms with Crippen molar-refractivity contribution in [2.45, 2.75) is 25.8 Å². The molecule has 0 aliphatic carbocycles. The van der Waals surface area contributed by atoms with Crippen molar-refractivity contribution < 1.29 is 19.1 Å². The lowest BCUT2D eigenvalue weighted by atomic mass is 10.1. The van der Waals surface area contributed by atoms with Gasteiger partial charge in [0.1, 0.15) is 11.9 Å². The summed E-state index contributed by atoms with van der Waals surface area (Å²) in [5, 5.41) is 12.1. The Bertz CT molecular complexity index is 653. The predicted molar refractivity (Wildman–Crippen MR) is 75.6 cm³/mol. The molecule has 2 rings (SSSR count). The fourth-order valence-corrected chi connectivity index (χ4v) is 2.85. The molecule has 0 radical (unpaired) electrons. The van der Waals surface area contributed by atoms with Crippen LogP contribution in [0.3, 0.4) is 0 Å². The molecule has 20 heavy (non-hydrogen) atoms. The molecule has 0 bridgehead atoms. The third-order valence-electron chi connectivity index (χ3n) is 2.88. The molecule has 2 N–H and O–H groups in total. The van der Waals surface area contributed by atoms with Crippen molar-refractivity contribution >= 4 is 33.3 Å². The van der Waals surface area contributed by atoms with E-state index in [2.05, 4.69) is 5.32 Å². The van der Waals surface area contributed by atoms with Crippen molar-refractivity contribution in [2.24, 2.45) is 0 Å². The maximum Gasteiger partial charge on any atom is 0.326 e. The fourth-order valence-electron chi connectivity index (χ4n) is 1.90. The lowest BCUT2D eigenvalue weighted by Crippen LogP contribution is -2.40. The van der Waals surface area contributed by atoms with Gasteiger partial charge in [0.05, 0.1) is 4.88 Å². The summed E-state index contributed by atoms with van der Waals surface area (Å²) in [6.45, 7) is 1.85. The standard InChI is InChI=1S/C14H14FNO3S/c1-2-3-10(14(18)19)16-13(17)12-7-8-6-9(15)4-5-11(8)20-12/h4-7,10H,2-3H2,1H3,(H,16,17)(H,18,19)/t10-/m0/s1. The summed E-state index contributed by atoms with van der Waals surface area (Å²) in [6.07, 6.45) is 1.04. The Balaban J connectivity index is 2.20. The van der Waals surface area contributed by atoms with Crippen molar-refractivity contribution in [1.82, 2.24) is 5.32 Å². The van der Waals surface area contributed by atoms with E-state index in [0.717, 1.165) is 4.70 Å². The summed E-state index contributed by atoms with van der Waals surface area (Å²) in [4.78, 5) is 23.4. The number of benzene rings is 1. The second-order valence-electron chi connectivity index (χ2n) is 4.45. The van der Waals surface area contributed by atoms with Crippen molar-refractivity contribution in [3.63, 3.8) is 0 Å². The highest BCUT2D eigenvalue weighted by molar-refractivity contribution is 7.20. The maximum absolute atomic E-state index is 13.1. The van der Waals surface area contributed by atoms with E-state index in [1.54, 1.807) is 12.1 Å². The highest BCUT2D eigenvalue weighted by atomic mass is 32.1. The van der Waals surface area contributed by atoms with Crippen LogP contribution in [0, 0.1) is 5.82 Å². The molecule has 0 saturated heterocycles. The molecule has 1 heterocycles. The first kappa shape index (κ1) is 14.5. The first-order chi connectivity index (χ1) is 9.51. The van der Waals surface area contributed by atoms with Gasteiger partial charge in [-0.3, -0.25) is 4.79 Å². The molecule has 1 aromatic heterocycles. The number of carboxylic acids is 1. The van der Waals surface area contributed by atoms with E-state index in [0.29, 0.717) is 23.1 Å². The normalized spacial score (nSPS) is 12.3. The second-order valence-corrected chi connectivity index (χ2v) is 5.53. The molecule has 0 spiro atoms. The number of fused-ring (bicyclic) bond motifs is 1. The number of hydrogen-bond donors (Lipinski definition) is 2. The topological polar surface area (TPSA) is 66.4 Å². The molecule has 2 aromatic rings. The van der Waals surface area contributed by atoms with Gasteiger partial charge in [-0.15, -0.1) is 11.3 Å². The van der Waals surface area contributed by atoms with E-state index in [1.165, 1.54) is 23.5 Å². The lowest BCUT2D eigenvalue weighted by molar-refractivity contribution is -0.139. The van der Waals surface area contributed by atoms with E-state index in [-0.39, 0.29) is 5.82 Å². The molecule has 0 unspecified atom stereocenters. The second kappa shape index (κ2) is 6.00. The van der Waals surface area contributed by atoms with Crippen LogP contribution < -0.4 is 5.32 Å². The summed E-state index contributed by atoms with van der Waals surface area (Å²) >= 11 is 1.21. The highest BCUT2D eigenvalue weighted by Gasteiger charge is 2.20. The predicted octanol–water partition coefficient (Wildman–Crippen LogP) is 3.02. The first-order valence-electron chi connectivity index (χ1n) is 6.24. The van der Waals surface area contributed by atoms with E-state index in [9.17, 15) is 14.0 Å². The molecule has 6 heteroatoms. The Labute approximate surface area is 119 Å². The third-order valence-corrected chi connectivity index (χ3v) is 4.00. The molecule has 106 valence electrons. The van der Waals surface area contributed by atoms with Crippen LogP contribution in [0.4, 0.5) is 4.39 Å². The van der Waals surface area contributed by atoms with Gasteiger partial charge in [-0.1, -0.05) is 13.3 Å². The van der Waals surface area contributed by atoms with Crippen molar-refractivity contribution in [3.05, 3.63) is 35.0 Å². The monoisotopic (exact) mass is 295 g/mol. The number of amides is 1. The van der Waals surface area contributed by atoms with E-state index in [1.807, 2.05) is 6.92 Å². The van der Waals surface area contributed by atoms with Crippen molar-refractivity contribution in [3.8, 4) is 0 Å². The van der Waals surface area contributed by atoms with E-state index in [4.69, 9.17) is 5.11 Å². The Kier molecular flexibility index (Phi) is 4.34. The molecule has 0 saturated carbocycles. The molecular formula is C14H14FNO3S. The van der Waals surface area contributed by atoms with Crippen molar-refractivity contribution in [2.75, 3.05) is 0 Å². The number of aliphatic carboxylic acids is 1. The summed E-state index contributed by atoms with van der Waals surface area (Å²) in [6, 6.07) is 4.96. The number of nitrogens with one attached hydrogen (secondary N) is 1. The third kappa shape index (κ3) is 3.14. The van der Waals surface area contributed by atoms with Crippen LogP contribution in [0.5, 0.6) is 0 Å². The average Bonchev–Trinajstić information content (AvgIpc) is 2.80. The summed E-state index contributed by atoms with van der Waals surface area (Å²) in [5.41, 5.74) is 0. The van der Waals surface area contributed by atoms with Crippen molar-refractivity contribution in [1.29, 1.82) is 0 Å². The fraction of sp³-hybridized carbons (Fsp3) is 0.286. The first-order valence-corrected chi connectivity index (χ1v) is 7.05. The zero-order valence-electron chi connectivity index (χ0n) is 10.9. The Hall–Kier alpha value is -1.95. The Morgan fingerprint density at radius 1 is 1.40 bits per heavy atom. The molecule has 4 nitrogen and oxygen atoms in total. The number of hydrogen-bond acceptors (Lipinski definition) is 3. The van der Waals surface area contributed by atoms with Gasteiger partial charge < -0.3 is 10.4 Å². The Morgan fingerprint density at radius 3 is 2.80 bits per heavy atom. The maximum atomic E-state index is 13.1. The van der Waals surface area contributed by atoms with Gasteiger partial charge in [0.15, 0.2) is 0 Å². The van der Waals surface area contributed by atoms with Gasteiger partial charge in [-0.25, -0.2) is 9.18 Å². The zero-order valence-corrected chi connectivity index (χ0v) is 11.7. The highest BCUT2D eigenvalue weighted by Crippen LogP contribution is 2.26. The summed E-state index contributed by atoms with van der Waals surface area (Å²) in [5.74, 6) is -1.85. The minimum Gasteiger partial charge on any atom is -0.480 e. The Morgan fingerprint density at radius 2 is 2.15 bits per heavy atom.